The fourth-order valence-corrected chi connectivity index (χ4v) is 2.80. The monoisotopic (exact) mass is 320 g/mol. The van der Waals surface area contributed by atoms with Crippen LogP contribution in [0.1, 0.15) is 52.6 Å². The Morgan fingerprint density at radius 1 is 1.04 bits per heavy atom. The van der Waals surface area contributed by atoms with E-state index in [0.717, 1.165) is 12.0 Å². The van der Waals surface area contributed by atoms with E-state index in [1.807, 2.05) is 58.0 Å². The molecular formula is C19H32N2O2. The van der Waals surface area contributed by atoms with Crippen molar-refractivity contribution in [1.29, 1.82) is 0 Å². The lowest BCUT2D eigenvalue weighted by molar-refractivity contribution is -0.135. The van der Waals surface area contributed by atoms with Gasteiger partial charge in [-0.3, -0.25) is 9.59 Å². The second-order valence-corrected chi connectivity index (χ2v) is 5.20. The van der Waals surface area contributed by atoms with Crippen LogP contribution in [0.15, 0.2) is 30.3 Å². The molecule has 0 saturated carbocycles. The lowest BCUT2D eigenvalue weighted by Crippen LogP contribution is -2.36. The number of benzene rings is 1. The van der Waals surface area contributed by atoms with Crippen molar-refractivity contribution < 1.29 is 9.59 Å². The van der Waals surface area contributed by atoms with E-state index in [0.29, 0.717) is 6.54 Å². The molecule has 2 atom stereocenters. The van der Waals surface area contributed by atoms with Gasteiger partial charge < -0.3 is 9.80 Å². The summed E-state index contributed by atoms with van der Waals surface area (Å²) in [7, 11) is 3.53. The van der Waals surface area contributed by atoms with Gasteiger partial charge in [-0.1, -0.05) is 58.0 Å². The van der Waals surface area contributed by atoms with Crippen LogP contribution in [-0.2, 0) is 9.59 Å². The Labute approximate surface area is 141 Å². The van der Waals surface area contributed by atoms with E-state index in [1.54, 1.807) is 30.8 Å². The molecule has 1 heterocycles. The molecule has 0 radical (unpaired) electrons. The van der Waals surface area contributed by atoms with E-state index >= 15 is 0 Å². The number of hydrogen-bond donors (Lipinski definition) is 0. The molecule has 0 bridgehead atoms. The van der Waals surface area contributed by atoms with Crippen LogP contribution in [0.5, 0.6) is 0 Å². The minimum atomic E-state index is -0.138. The molecule has 1 aromatic carbocycles. The summed E-state index contributed by atoms with van der Waals surface area (Å²) in [5.41, 5.74) is 1.04. The predicted molar refractivity (Wildman–Crippen MR) is 96.1 cm³/mol. The van der Waals surface area contributed by atoms with Gasteiger partial charge in [-0.05, 0) is 12.0 Å². The lowest BCUT2D eigenvalue weighted by atomic mass is 9.92. The number of rotatable bonds is 2. The van der Waals surface area contributed by atoms with Crippen molar-refractivity contribution in [2.24, 2.45) is 5.92 Å². The normalized spacial score (nSPS) is 19.0. The van der Waals surface area contributed by atoms with Crippen LogP contribution in [0.4, 0.5) is 0 Å². The molecule has 2 amide bonds. The van der Waals surface area contributed by atoms with Gasteiger partial charge in [0, 0.05) is 27.6 Å². The minimum Gasteiger partial charge on any atom is -0.349 e. The third kappa shape index (κ3) is 5.38. The first-order valence-corrected chi connectivity index (χ1v) is 8.55. The highest BCUT2D eigenvalue weighted by molar-refractivity contribution is 5.82. The maximum absolute atomic E-state index is 12.3. The second kappa shape index (κ2) is 10.8. The van der Waals surface area contributed by atoms with Crippen LogP contribution in [0.3, 0.4) is 0 Å². The molecule has 0 aliphatic carbocycles. The molecule has 2 unspecified atom stereocenters. The molecular weight excluding hydrogens is 288 g/mol. The highest BCUT2D eigenvalue weighted by atomic mass is 16.2. The molecule has 4 nitrogen and oxygen atoms in total. The van der Waals surface area contributed by atoms with Gasteiger partial charge in [-0.25, -0.2) is 0 Å². The van der Waals surface area contributed by atoms with Crippen molar-refractivity contribution in [2.45, 2.75) is 47.1 Å². The zero-order valence-corrected chi connectivity index (χ0v) is 15.7. The van der Waals surface area contributed by atoms with Gasteiger partial charge in [0.1, 0.15) is 0 Å². The average Bonchev–Trinajstić information content (AvgIpc) is 3.03. The Kier molecular flexibility index (Phi) is 9.95. The first-order valence-electron chi connectivity index (χ1n) is 8.55. The van der Waals surface area contributed by atoms with Gasteiger partial charge >= 0.3 is 0 Å². The largest absolute Gasteiger partial charge is 0.349 e. The summed E-state index contributed by atoms with van der Waals surface area (Å²) >= 11 is 0. The van der Waals surface area contributed by atoms with Gasteiger partial charge in [-0.2, -0.15) is 0 Å². The molecule has 0 spiro atoms. The fraction of sp³-hybridized carbons (Fsp3) is 0.579. The molecule has 1 fully saturated rings. The van der Waals surface area contributed by atoms with Crippen molar-refractivity contribution in [1.82, 2.24) is 9.80 Å². The van der Waals surface area contributed by atoms with Crippen molar-refractivity contribution in [2.75, 3.05) is 20.6 Å². The van der Waals surface area contributed by atoms with Gasteiger partial charge in [0.25, 0.3) is 0 Å². The van der Waals surface area contributed by atoms with Crippen molar-refractivity contribution in [3.05, 3.63) is 35.9 Å². The smallest absolute Gasteiger partial charge is 0.227 e. The van der Waals surface area contributed by atoms with E-state index in [4.69, 9.17) is 0 Å². The topological polar surface area (TPSA) is 40.6 Å². The first-order chi connectivity index (χ1) is 11.0. The zero-order chi connectivity index (χ0) is 18.0. The van der Waals surface area contributed by atoms with Crippen LogP contribution in [0.25, 0.3) is 0 Å². The Balaban J connectivity index is 0.00000112. The van der Waals surface area contributed by atoms with Crippen LogP contribution >= 0.6 is 0 Å². The molecule has 4 heteroatoms. The Morgan fingerprint density at radius 2 is 1.57 bits per heavy atom. The van der Waals surface area contributed by atoms with E-state index in [9.17, 15) is 9.59 Å². The van der Waals surface area contributed by atoms with Crippen molar-refractivity contribution in [3.63, 3.8) is 0 Å². The quantitative estimate of drug-likeness (QED) is 0.833. The molecule has 1 aliphatic rings. The lowest BCUT2D eigenvalue weighted by Gasteiger charge is -2.28. The van der Waals surface area contributed by atoms with Gasteiger partial charge in [-0.15, -0.1) is 0 Å². The molecule has 1 aromatic rings. The number of carbonyl (C=O) groups is 2. The predicted octanol–water partition coefficient (Wildman–Crippen LogP) is 3.74. The number of likely N-dealkylation sites (tertiary alicyclic amines) is 1. The standard InChI is InChI=1S/C15H20N2O2.2C2H6/c1-11(18)17-10-9-13(15(19)16(2)3)14(17)12-7-5-4-6-8-12;2*1-2/h4-8,13-14H,9-10H2,1-3H3;2*1-2H3. The Morgan fingerprint density at radius 3 is 2.00 bits per heavy atom. The molecule has 1 saturated heterocycles. The average molecular weight is 320 g/mol. The fourth-order valence-electron chi connectivity index (χ4n) is 2.80. The molecule has 0 aromatic heterocycles. The summed E-state index contributed by atoms with van der Waals surface area (Å²) in [4.78, 5) is 27.5. The Bertz CT molecular complexity index is 472. The summed E-state index contributed by atoms with van der Waals surface area (Å²) in [5.74, 6) is -0.0122. The molecule has 1 aliphatic heterocycles. The van der Waals surface area contributed by atoms with Crippen LogP contribution in [0.2, 0.25) is 0 Å². The summed E-state index contributed by atoms with van der Waals surface area (Å²) in [6, 6.07) is 9.68. The van der Waals surface area contributed by atoms with E-state index in [2.05, 4.69) is 0 Å². The number of nitrogens with zero attached hydrogens (tertiary/aromatic N) is 2. The molecule has 130 valence electrons. The Hall–Kier alpha value is -1.84. The maximum Gasteiger partial charge on any atom is 0.227 e. The van der Waals surface area contributed by atoms with Gasteiger partial charge in [0.2, 0.25) is 11.8 Å². The minimum absolute atomic E-state index is 0.0305. The highest BCUT2D eigenvalue weighted by Gasteiger charge is 2.41. The first kappa shape index (κ1) is 21.2. The van der Waals surface area contributed by atoms with Crippen LogP contribution < -0.4 is 0 Å². The number of amides is 2. The maximum atomic E-state index is 12.3. The SMILES string of the molecule is CC.CC.CC(=O)N1CCC(C(=O)N(C)C)C1c1ccccc1. The van der Waals surface area contributed by atoms with E-state index < -0.39 is 0 Å². The van der Waals surface area contributed by atoms with E-state index in [-0.39, 0.29) is 23.8 Å². The third-order valence-corrected chi connectivity index (χ3v) is 3.70. The van der Waals surface area contributed by atoms with Gasteiger partial charge in [0.05, 0.1) is 12.0 Å². The van der Waals surface area contributed by atoms with Crippen molar-refractivity contribution >= 4 is 11.8 Å². The highest BCUT2D eigenvalue weighted by Crippen LogP contribution is 2.38. The van der Waals surface area contributed by atoms with Gasteiger partial charge in [0.15, 0.2) is 0 Å². The summed E-state index contributed by atoms with van der Waals surface area (Å²) < 4.78 is 0. The summed E-state index contributed by atoms with van der Waals surface area (Å²) in [6.07, 6.45) is 0.732. The van der Waals surface area contributed by atoms with Crippen LogP contribution in [0, 0.1) is 5.92 Å². The summed E-state index contributed by atoms with van der Waals surface area (Å²) in [5, 5.41) is 0. The number of carbonyl (C=O) groups excluding carboxylic acids is 2. The zero-order valence-electron chi connectivity index (χ0n) is 15.7. The molecule has 23 heavy (non-hydrogen) atoms. The van der Waals surface area contributed by atoms with Crippen molar-refractivity contribution in [3.8, 4) is 0 Å². The number of hydrogen-bond acceptors (Lipinski definition) is 2. The molecule has 2 rings (SSSR count). The third-order valence-electron chi connectivity index (χ3n) is 3.70. The summed E-state index contributed by atoms with van der Waals surface area (Å²) in [6.45, 7) is 10.2. The molecule has 0 N–H and O–H groups in total. The van der Waals surface area contributed by atoms with E-state index in [1.165, 1.54) is 0 Å². The van der Waals surface area contributed by atoms with Crippen LogP contribution in [-0.4, -0.2) is 42.3 Å². The second-order valence-electron chi connectivity index (χ2n) is 5.20.